The molecule has 4 nitrogen and oxygen atoms in total. The quantitative estimate of drug-likeness (QED) is 0.828. The summed E-state index contributed by atoms with van der Waals surface area (Å²) in [5, 5.41) is 0.958. The van der Waals surface area contributed by atoms with E-state index in [0.717, 1.165) is 26.2 Å². The van der Waals surface area contributed by atoms with Crippen LogP contribution < -0.4 is 0 Å². The molecule has 1 fully saturated rings. The van der Waals surface area contributed by atoms with E-state index in [2.05, 4.69) is 37.7 Å². The SMILES string of the molecule is CC1CN(C(=O)c2ccc(Cl)cc2Cl)CC(C)N1CCN(C)C. The molecule has 1 heterocycles. The predicted molar refractivity (Wildman–Crippen MR) is 96.5 cm³/mol. The van der Waals surface area contributed by atoms with Gasteiger partial charge in [0.1, 0.15) is 0 Å². The lowest BCUT2D eigenvalue weighted by Gasteiger charge is -2.44. The molecule has 0 aromatic heterocycles. The van der Waals surface area contributed by atoms with Crippen molar-refractivity contribution in [2.24, 2.45) is 0 Å². The lowest BCUT2D eigenvalue weighted by Crippen LogP contribution is -2.59. The molecule has 0 radical (unpaired) electrons. The highest BCUT2D eigenvalue weighted by atomic mass is 35.5. The van der Waals surface area contributed by atoms with Gasteiger partial charge in [0.05, 0.1) is 10.6 Å². The Labute approximate surface area is 148 Å². The van der Waals surface area contributed by atoms with Crippen LogP contribution in [0.25, 0.3) is 0 Å². The maximum atomic E-state index is 12.8. The zero-order valence-electron chi connectivity index (χ0n) is 14.2. The van der Waals surface area contributed by atoms with Crippen LogP contribution in [0.1, 0.15) is 24.2 Å². The molecule has 2 unspecified atom stereocenters. The van der Waals surface area contributed by atoms with E-state index >= 15 is 0 Å². The zero-order valence-corrected chi connectivity index (χ0v) is 15.7. The number of halogens is 2. The molecule has 1 aliphatic rings. The molecule has 0 N–H and O–H groups in total. The van der Waals surface area contributed by atoms with Crippen molar-refractivity contribution in [1.82, 2.24) is 14.7 Å². The molecule has 128 valence electrons. The fourth-order valence-electron chi connectivity index (χ4n) is 3.11. The Morgan fingerprint density at radius 1 is 1.22 bits per heavy atom. The van der Waals surface area contributed by atoms with Gasteiger partial charge in [0.15, 0.2) is 0 Å². The second-order valence-corrected chi connectivity index (χ2v) is 7.42. The highest BCUT2D eigenvalue weighted by Crippen LogP contribution is 2.24. The van der Waals surface area contributed by atoms with E-state index in [1.54, 1.807) is 18.2 Å². The molecule has 2 rings (SSSR count). The Morgan fingerprint density at radius 2 is 1.83 bits per heavy atom. The van der Waals surface area contributed by atoms with Gasteiger partial charge in [0, 0.05) is 43.3 Å². The third-order valence-electron chi connectivity index (χ3n) is 4.36. The van der Waals surface area contributed by atoms with E-state index in [1.807, 2.05) is 4.90 Å². The van der Waals surface area contributed by atoms with Crippen LogP contribution in [0.5, 0.6) is 0 Å². The number of benzene rings is 1. The Morgan fingerprint density at radius 3 is 2.35 bits per heavy atom. The van der Waals surface area contributed by atoms with Crippen molar-refractivity contribution in [2.45, 2.75) is 25.9 Å². The molecule has 2 atom stereocenters. The topological polar surface area (TPSA) is 26.8 Å². The van der Waals surface area contributed by atoms with Gasteiger partial charge in [-0.15, -0.1) is 0 Å². The Hall–Kier alpha value is -0.810. The first-order valence-electron chi connectivity index (χ1n) is 7.94. The number of piperazine rings is 1. The summed E-state index contributed by atoms with van der Waals surface area (Å²) in [4.78, 5) is 19.3. The maximum absolute atomic E-state index is 12.8. The number of hydrogen-bond donors (Lipinski definition) is 0. The highest BCUT2D eigenvalue weighted by Gasteiger charge is 2.32. The van der Waals surface area contributed by atoms with Gasteiger partial charge in [-0.2, -0.15) is 0 Å². The Bertz CT molecular complexity index is 553. The van der Waals surface area contributed by atoms with Crippen LogP contribution in [0.15, 0.2) is 18.2 Å². The molecule has 0 bridgehead atoms. The lowest BCUT2D eigenvalue weighted by atomic mass is 10.1. The first-order valence-corrected chi connectivity index (χ1v) is 8.70. The smallest absolute Gasteiger partial charge is 0.255 e. The largest absolute Gasteiger partial charge is 0.335 e. The zero-order chi connectivity index (χ0) is 17.1. The predicted octanol–water partition coefficient (Wildman–Crippen LogP) is 3.09. The van der Waals surface area contributed by atoms with E-state index in [0.29, 0.717) is 27.7 Å². The highest BCUT2D eigenvalue weighted by molar-refractivity contribution is 6.36. The number of carbonyl (C=O) groups excluding carboxylic acids is 1. The summed E-state index contributed by atoms with van der Waals surface area (Å²) >= 11 is 12.1. The molecular formula is C17H25Cl2N3O. The summed E-state index contributed by atoms with van der Waals surface area (Å²) in [7, 11) is 4.16. The summed E-state index contributed by atoms with van der Waals surface area (Å²) in [6, 6.07) is 5.69. The second kappa shape index (κ2) is 7.84. The summed E-state index contributed by atoms with van der Waals surface area (Å²) in [6.45, 7) is 7.82. The fraction of sp³-hybridized carbons (Fsp3) is 0.588. The van der Waals surface area contributed by atoms with Gasteiger partial charge < -0.3 is 9.80 Å². The average molecular weight is 358 g/mol. The van der Waals surface area contributed by atoms with Crippen molar-refractivity contribution in [3.05, 3.63) is 33.8 Å². The number of hydrogen-bond acceptors (Lipinski definition) is 3. The van der Waals surface area contributed by atoms with Crippen LogP contribution in [0.2, 0.25) is 10.0 Å². The van der Waals surface area contributed by atoms with Gasteiger partial charge in [0.25, 0.3) is 5.91 Å². The molecule has 1 saturated heterocycles. The fourth-order valence-corrected chi connectivity index (χ4v) is 3.60. The van der Waals surface area contributed by atoms with Crippen LogP contribution in [0.4, 0.5) is 0 Å². The van der Waals surface area contributed by atoms with Gasteiger partial charge in [-0.25, -0.2) is 0 Å². The molecule has 6 heteroatoms. The lowest BCUT2D eigenvalue weighted by molar-refractivity contribution is 0.0283. The first-order chi connectivity index (χ1) is 10.8. The standard InChI is InChI=1S/C17H25Cl2N3O/c1-12-10-21(11-13(2)22(12)8-7-20(3)4)17(23)15-6-5-14(18)9-16(15)19/h5-6,9,12-13H,7-8,10-11H2,1-4H3. The van der Waals surface area contributed by atoms with Crippen LogP contribution in [0.3, 0.4) is 0 Å². The van der Waals surface area contributed by atoms with Crippen LogP contribution in [-0.4, -0.2) is 73.0 Å². The molecule has 0 aliphatic carbocycles. The molecule has 1 aliphatic heterocycles. The molecule has 1 aromatic carbocycles. The number of likely N-dealkylation sites (N-methyl/N-ethyl adjacent to an activating group) is 1. The minimum absolute atomic E-state index is 0.0161. The third-order valence-corrected chi connectivity index (χ3v) is 4.90. The Balaban J connectivity index is 2.07. The van der Waals surface area contributed by atoms with Crippen molar-refractivity contribution in [2.75, 3.05) is 40.3 Å². The van der Waals surface area contributed by atoms with Gasteiger partial charge in [0.2, 0.25) is 0 Å². The molecule has 0 saturated carbocycles. The van der Waals surface area contributed by atoms with Crippen LogP contribution >= 0.6 is 23.2 Å². The van der Waals surface area contributed by atoms with E-state index in [-0.39, 0.29) is 5.91 Å². The van der Waals surface area contributed by atoms with Gasteiger partial charge in [-0.05, 0) is 46.1 Å². The first kappa shape index (κ1) is 18.5. The molecule has 23 heavy (non-hydrogen) atoms. The maximum Gasteiger partial charge on any atom is 0.255 e. The minimum Gasteiger partial charge on any atom is -0.335 e. The molecular weight excluding hydrogens is 333 g/mol. The van der Waals surface area contributed by atoms with Crippen molar-refractivity contribution in [3.8, 4) is 0 Å². The summed E-state index contributed by atoms with van der Waals surface area (Å²) in [6.07, 6.45) is 0. The normalized spacial score (nSPS) is 22.7. The average Bonchev–Trinajstić information content (AvgIpc) is 2.45. The minimum atomic E-state index is -0.0161. The Kier molecular flexibility index (Phi) is 6.32. The number of amides is 1. The van der Waals surface area contributed by atoms with Crippen molar-refractivity contribution >= 4 is 29.1 Å². The number of rotatable bonds is 4. The summed E-state index contributed by atoms with van der Waals surface area (Å²) < 4.78 is 0. The van der Waals surface area contributed by atoms with E-state index in [1.165, 1.54) is 0 Å². The van der Waals surface area contributed by atoms with Crippen molar-refractivity contribution in [1.29, 1.82) is 0 Å². The van der Waals surface area contributed by atoms with E-state index in [4.69, 9.17) is 23.2 Å². The van der Waals surface area contributed by atoms with Gasteiger partial charge in [-0.1, -0.05) is 23.2 Å². The van der Waals surface area contributed by atoms with Gasteiger partial charge in [-0.3, -0.25) is 9.69 Å². The molecule has 1 aromatic rings. The summed E-state index contributed by atoms with van der Waals surface area (Å²) in [5.74, 6) is -0.0161. The number of carbonyl (C=O) groups is 1. The van der Waals surface area contributed by atoms with Crippen molar-refractivity contribution in [3.63, 3.8) is 0 Å². The molecule has 0 spiro atoms. The van der Waals surface area contributed by atoms with Gasteiger partial charge >= 0.3 is 0 Å². The van der Waals surface area contributed by atoms with Crippen LogP contribution in [0, 0.1) is 0 Å². The van der Waals surface area contributed by atoms with Crippen LogP contribution in [-0.2, 0) is 0 Å². The summed E-state index contributed by atoms with van der Waals surface area (Å²) in [5.41, 5.74) is 0.525. The second-order valence-electron chi connectivity index (χ2n) is 6.57. The molecule has 1 amide bonds. The van der Waals surface area contributed by atoms with E-state index in [9.17, 15) is 4.79 Å². The third kappa shape index (κ3) is 4.60. The van der Waals surface area contributed by atoms with Crippen molar-refractivity contribution < 1.29 is 4.79 Å². The van der Waals surface area contributed by atoms with E-state index < -0.39 is 0 Å². The monoisotopic (exact) mass is 357 g/mol. The number of nitrogens with zero attached hydrogens (tertiary/aromatic N) is 3.